The van der Waals surface area contributed by atoms with E-state index in [2.05, 4.69) is 76.0 Å². The minimum atomic E-state index is -0.937. The number of aryl methyl sites for hydroxylation is 1. The third-order valence-corrected chi connectivity index (χ3v) is 12.7. The summed E-state index contributed by atoms with van der Waals surface area (Å²) in [5.41, 5.74) is 6.48. The summed E-state index contributed by atoms with van der Waals surface area (Å²) in [7, 11) is 0. The average Bonchev–Trinajstić information content (AvgIpc) is 4.13. The van der Waals surface area contributed by atoms with Crippen molar-refractivity contribution >= 4 is 50.3 Å². The van der Waals surface area contributed by atoms with Crippen molar-refractivity contribution in [3.05, 3.63) is 206 Å². The van der Waals surface area contributed by atoms with Gasteiger partial charge in [-0.1, -0.05) is 141 Å². The van der Waals surface area contributed by atoms with Crippen LogP contribution in [0.1, 0.15) is 58.4 Å². The number of aromatic nitrogens is 6. The first-order valence-corrected chi connectivity index (χ1v) is 21.9. The second kappa shape index (κ2) is 17.5. The van der Waals surface area contributed by atoms with Crippen LogP contribution in [0.3, 0.4) is 0 Å². The fraction of sp³-hybridized carbons (Fsp3) is 0.140. The van der Waals surface area contributed by atoms with Crippen molar-refractivity contribution in [3.8, 4) is 22.7 Å². The van der Waals surface area contributed by atoms with E-state index in [9.17, 15) is 9.90 Å². The first kappa shape index (κ1) is 39.8. The average molecular weight is 886 g/mol. The van der Waals surface area contributed by atoms with E-state index in [1.807, 2.05) is 102 Å². The molecule has 9 nitrogen and oxygen atoms in total. The molecule has 0 aliphatic rings. The number of hydrogen-bond acceptors (Lipinski definition) is 7. The Hall–Kier alpha value is -6.69. The highest BCUT2D eigenvalue weighted by molar-refractivity contribution is 9.10. The van der Waals surface area contributed by atoms with Crippen LogP contribution in [0.25, 0.3) is 39.8 Å². The fourth-order valence-electron chi connectivity index (χ4n) is 8.02. The van der Waals surface area contributed by atoms with Gasteiger partial charge in [0.05, 0.1) is 16.4 Å². The van der Waals surface area contributed by atoms with Gasteiger partial charge in [-0.15, -0.1) is 26.3 Å². The van der Waals surface area contributed by atoms with Crippen LogP contribution in [-0.2, 0) is 29.7 Å². The zero-order chi connectivity index (χ0) is 41.8. The van der Waals surface area contributed by atoms with Crippen molar-refractivity contribution in [2.24, 2.45) is 0 Å². The molecule has 0 saturated carbocycles. The minimum absolute atomic E-state index is 0.322. The molecule has 0 unspecified atom stereocenters. The number of aliphatic carboxylic acids is 1. The number of carboxylic acid groups (broad SMARTS) is 1. The van der Waals surface area contributed by atoms with Crippen molar-refractivity contribution in [1.29, 1.82) is 0 Å². The maximum absolute atomic E-state index is 12.4. The number of benzene rings is 5. The predicted molar refractivity (Wildman–Crippen MR) is 244 cm³/mol. The molecule has 4 heterocycles. The number of nitrogens with zero attached hydrogens (tertiary/aromatic N) is 6. The Morgan fingerprint density at radius 1 is 0.836 bits per heavy atom. The number of unbranched alkanes of at least 4 members (excludes halogenated alkanes) is 1. The smallest absolute Gasteiger partial charge is 0.332 e. The highest BCUT2D eigenvalue weighted by Crippen LogP contribution is 2.43. The van der Waals surface area contributed by atoms with Gasteiger partial charge in [-0.3, -0.25) is 0 Å². The number of fused-ring (bicyclic) bond motifs is 1. The van der Waals surface area contributed by atoms with Crippen LogP contribution in [0, 0.1) is 0 Å². The van der Waals surface area contributed by atoms with Gasteiger partial charge >= 0.3 is 5.97 Å². The Bertz CT molecular complexity index is 2860. The summed E-state index contributed by atoms with van der Waals surface area (Å²) < 4.78 is 9.56. The largest absolute Gasteiger partial charge is 0.478 e. The van der Waals surface area contributed by atoms with Crippen molar-refractivity contribution in [3.63, 3.8) is 0 Å². The number of halogens is 1. The van der Waals surface area contributed by atoms with Crippen molar-refractivity contribution in [1.82, 2.24) is 29.8 Å². The molecule has 302 valence electrons. The maximum Gasteiger partial charge on any atom is 0.332 e. The summed E-state index contributed by atoms with van der Waals surface area (Å²) in [5, 5.41) is 27.7. The highest BCUT2D eigenvalue weighted by Gasteiger charge is 2.41. The van der Waals surface area contributed by atoms with E-state index in [0.29, 0.717) is 35.7 Å². The number of tetrazole rings is 1. The van der Waals surface area contributed by atoms with Crippen molar-refractivity contribution in [2.75, 3.05) is 0 Å². The topological polar surface area (TPSA) is 112 Å². The monoisotopic (exact) mass is 884 g/mol. The summed E-state index contributed by atoms with van der Waals surface area (Å²) in [6, 6.07) is 48.9. The van der Waals surface area contributed by atoms with Gasteiger partial charge in [0.15, 0.2) is 5.54 Å². The van der Waals surface area contributed by atoms with Crippen LogP contribution in [0.2, 0.25) is 0 Å². The van der Waals surface area contributed by atoms with Gasteiger partial charge in [0.1, 0.15) is 17.2 Å². The van der Waals surface area contributed by atoms with Gasteiger partial charge < -0.3 is 14.1 Å². The van der Waals surface area contributed by atoms with Crippen molar-refractivity contribution < 1.29 is 14.3 Å². The molecule has 9 rings (SSSR count). The van der Waals surface area contributed by atoms with E-state index in [0.717, 1.165) is 78.9 Å². The number of furan rings is 1. The first-order valence-electron chi connectivity index (χ1n) is 20.2. The first-order chi connectivity index (χ1) is 29.9. The molecule has 0 atom stereocenters. The number of carboxylic acids is 1. The predicted octanol–water partition coefficient (Wildman–Crippen LogP) is 11.7. The Balaban J connectivity index is 1.10. The third kappa shape index (κ3) is 7.78. The number of thiophene rings is 1. The molecule has 0 aliphatic carbocycles. The quantitative estimate of drug-likeness (QED) is 0.0806. The van der Waals surface area contributed by atoms with Gasteiger partial charge in [0.2, 0.25) is 5.82 Å². The lowest BCUT2D eigenvalue weighted by Gasteiger charge is -2.34. The molecule has 9 aromatic rings. The highest BCUT2D eigenvalue weighted by atomic mass is 79.9. The molecule has 0 bridgehead atoms. The lowest BCUT2D eigenvalue weighted by molar-refractivity contribution is -0.132. The van der Waals surface area contributed by atoms with Gasteiger partial charge in [-0.2, -0.15) is 0 Å². The van der Waals surface area contributed by atoms with Crippen LogP contribution in [0.4, 0.5) is 0 Å². The second-order valence-corrected chi connectivity index (χ2v) is 16.7. The molecular formula is C50H41BrN6O3S. The third-order valence-electron chi connectivity index (χ3n) is 11.0. The molecule has 1 N–H and O–H groups in total. The lowest BCUT2D eigenvalue weighted by atomic mass is 9.77. The molecule has 11 heteroatoms. The fourth-order valence-corrected chi connectivity index (χ4v) is 9.35. The Morgan fingerprint density at radius 3 is 2.11 bits per heavy atom. The lowest BCUT2D eigenvalue weighted by Crippen LogP contribution is -2.39. The SMILES string of the molecule is CCCCc1ncc(/C=C(\Cc2cccs2)C(=O)O)n1Cc1ccc2oc(-c3ccccc3-c3nnn(C(c4ccccc4)(c4ccccc4)c4ccccc4)n3)c(Br)c2c1. The summed E-state index contributed by atoms with van der Waals surface area (Å²) >= 11 is 5.48. The minimum Gasteiger partial charge on any atom is -0.478 e. The summed E-state index contributed by atoms with van der Waals surface area (Å²) in [6.45, 7) is 2.67. The second-order valence-electron chi connectivity index (χ2n) is 14.9. The molecule has 61 heavy (non-hydrogen) atoms. The van der Waals surface area contributed by atoms with E-state index >= 15 is 0 Å². The van der Waals surface area contributed by atoms with Gasteiger partial charge in [0, 0.05) is 46.3 Å². The summed E-state index contributed by atoms with van der Waals surface area (Å²) in [5.74, 6) is 1.09. The molecule has 4 aromatic heterocycles. The normalized spacial score (nSPS) is 12.0. The zero-order valence-corrected chi connectivity index (χ0v) is 35.8. The van der Waals surface area contributed by atoms with Crippen LogP contribution in [0.15, 0.2) is 172 Å². The van der Waals surface area contributed by atoms with Crippen LogP contribution < -0.4 is 0 Å². The Labute approximate surface area is 365 Å². The van der Waals surface area contributed by atoms with Gasteiger partial charge in [0.25, 0.3) is 0 Å². The molecule has 0 amide bonds. The molecular weight excluding hydrogens is 845 g/mol. The van der Waals surface area contributed by atoms with Crippen LogP contribution in [-0.4, -0.2) is 40.8 Å². The maximum atomic E-state index is 12.4. The van der Waals surface area contributed by atoms with E-state index < -0.39 is 11.5 Å². The number of rotatable bonds is 15. The van der Waals surface area contributed by atoms with Crippen LogP contribution >= 0.6 is 27.3 Å². The Morgan fingerprint density at radius 2 is 1.49 bits per heavy atom. The molecule has 0 saturated heterocycles. The molecule has 0 aliphatic heterocycles. The zero-order valence-electron chi connectivity index (χ0n) is 33.4. The van der Waals surface area contributed by atoms with Crippen molar-refractivity contribution in [2.45, 2.75) is 44.7 Å². The van der Waals surface area contributed by atoms with Gasteiger partial charge in [-0.25, -0.2) is 9.78 Å². The van der Waals surface area contributed by atoms with Crippen LogP contribution in [0.5, 0.6) is 0 Å². The van der Waals surface area contributed by atoms with E-state index in [1.165, 1.54) is 0 Å². The standard InChI is InChI=1S/C50H41BrN6O3S/c1-2-3-25-45-52-32-39(30-35(49(58)59)31-40-22-15-28-61-40)56(45)33-34-26-27-44-43(29-34)46(51)47(60-44)41-23-13-14-24-42(41)48-53-55-57(54-48)50(36-16-7-4-8-17-36,37-18-9-5-10-19-37)38-20-11-6-12-21-38/h4-24,26-30,32H,2-3,25,31,33H2,1H3,(H,58,59)/b35-30+. The number of carbonyl (C=O) groups is 1. The molecule has 0 fully saturated rings. The Kier molecular flexibility index (Phi) is 11.4. The summed E-state index contributed by atoms with van der Waals surface area (Å²) in [4.78, 5) is 19.9. The van der Waals surface area contributed by atoms with E-state index in [-0.39, 0.29) is 0 Å². The molecule has 0 spiro atoms. The van der Waals surface area contributed by atoms with E-state index in [1.54, 1.807) is 28.4 Å². The summed E-state index contributed by atoms with van der Waals surface area (Å²) in [6.07, 6.45) is 6.69. The molecule has 0 radical (unpaired) electrons. The number of hydrogen-bond donors (Lipinski definition) is 1. The van der Waals surface area contributed by atoms with Gasteiger partial charge in [-0.05, 0) is 79.5 Å². The number of imidazole rings is 1. The molecule has 5 aromatic carbocycles. The van der Waals surface area contributed by atoms with E-state index in [4.69, 9.17) is 24.8 Å².